The minimum absolute atomic E-state index is 0.438. The van der Waals surface area contributed by atoms with Gasteiger partial charge in [0.25, 0.3) is 0 Å². The van der Waals surface area contributed by atoms with Crippen LogP contribution in [0.3, 0.4) is 0 Å². The smallest absolute Gasteiger partial charge is 0.379 e. The van der Waals surface area contributed by atoms with E-state index in [-0.39, 0.29) is 0 Å². The Bertz CT molecular complexity index is 775. The van der Waals surface area contributed by atoms with Crippen molar-refractivity contribution in [2.75, 3.05) is 5.32 Å². The quantitative estimate of drug-likeness (QED) is 0.747. The Balaban J connectivity index is 1.77. The number of alkyl halides is 3. The molecule has 0 aliphatic rings. The highest BCUT2D eigenvalue weighted by molar-refractivity contribution is 5.90. The molecular formula is C17H13F3N2. The number of hydrogen-bond acceptors (Lipinski definition) is 2. The number of halogens is 3. The van der Waals surface area contributed by atoms with Crippen LogP contribution in [-0.4, -0.2) is 4.98 Å². The fourth-order valence-corrected chi connectivity index (χ4v) is 2.26. The number of rotatable bonds is 3. The van der Waals surface area contributed by atoms with Crippen LogP contribution in [0.5, 0.6) is 0 Å². The molecule has 0 saturated carbocycles. The lowest BCUT2D eigenvalue weighted by Crippen LogP contribution is -2.05. The molecule has 22 heavy (non-hydrogen) atoms. The summed E-state index contributed by atoms with van der Waals surface area (Å²) < 4.78 is 37.6. The van der Waals surface area contributed by atoms with Crippen molar-refractivity contribution in [1.29, 1.82) is 0 Å². The van der Waals surface area contributed by atoms with Gasteiger partial charge in [-0.1, -0.05) is 30.3 Å². The molecule has 112 valence electrons. The topological polar surface area (TPSA) is 24.9 Å². The van der Waals surface area contributed by atoms with E-state index >= 15 is 0 Å². The lowest BCUT2D eigenvalue weighted by molar-refractivity contribution is -0.137. The molecule has 0 spiro atoms. The summed E-state index contributed by atoms with van der Waals surface area (Å²) in [7, 11) is 0. The van der Waals surface area contributed by atoms with Gasteiger partial charge in [0, 0.05) is 18.1 Å². The molecule has 3 rings (SSSR count). The lowest BCUT2D eigenvalue weighted by atomic mass is 10.1. The molecule has 1 N–H and O–H groups in total. The molecule has 1 aromatic heterocycles. The first-order chi connectivity index (χ1) is 10.5. The summed E-state index contributed by atoms with van der Waals surface area (Å²) in [6.45, 7) is 0.438. The van der Waals surface area contributed by atoms with E-state index in [9.17, 15) is 13.2 Å². The summed E-state index contributed by atoms with van der Waals surface area (Å²) in [6, 6.07) is 14.8. The number of para-hydroxylation sites is 1. The summed E-state index contributed by atoms with van der Waals surface area (Å²) in [6.07, 6.45) is -2.59. The van der Waals surface area contributed by atoms with E-state index in [2.05, 4.69) is 10.3 Å². The molecule has 0 saturated heterocycles. The predicted molar refractivity (Wildman–Crippen MR) is 80.5 cm³/mol. The van der Waals surface area contributed by atoms with Crippen molar-refractivity contribution in [2.24, 2.45) is 0 Å². The minimum atomic E-state index is -4.30. The van der Waals surface area contributed by atoms with E-state index in [4.69, 9.17) is 0 Å². The van der Waals surface area contributed by atoms with Crippen molar-refractivity contribution >= 4 is 16.6 Å². The van der Waals surface area contributed by atoms with Crippen LogP contribution in [0, 0.1) is 0 Å². The van der Waals surface area contributed by atoms with Gasteiger partial charge in [0.1, 0.15) is 0 Å². The molecule has 2 nitrogen and oxygen atoms in total. The summed E-state index contributed by atoms with van der Waals surface area (Å²) in [5.74, 6) is 0. The molecule has 0 unspecified atom stereocenters. The molecule has 0 bridgehead atoms. The first-order valence-corrected chi connectivity index (χ1v) is 6.78. The molecule has 0 aliphatic carbocycles. The monoisotopic (exact) mass is 302 g/mol. The van der Waals surface area contributed by atoms with Crippen LogP contribution in [0.15, 0.2) is 60.8 Å². The Morgan fingerprint density at radius 3 is 2.36 bits per heavy atom. The summed E-state index contributed by atoms with van der Waals surface area (Å²) in [5, 5.41) is 4.23. The van der Waals surface area contributed by atoms with Crippen LogP contribution < -0.4 is 5.32 Å². The number of anilines is 1. The van der Waals surface area contributed by atoms with Crippen molar-refractivity contribution in [3.63, 3.8) is 0 Å². The van der Waals surface area contributed by atoms with Gasteiger partial charge in [-0.15, -0.1) is 0 Å². The van der Waals surface area contributed by atoms with Gasteiger partial charge < -0.3 is 5.32 Å². The molecule has 5 heteroatoms. The second-order valence-electron chi connectivity index (χ2n) is 4.93. The molecular weight excluding hydrogens is 289 g/mol. The van der Waals surface area contributed by atoms with Crippen molar-refractivity contribution in [3.05, 3.63) is 71.9 Å². The third kappa shape index (κ3) is 3.03. The van der Waals surface area contributed by atoms with Gasteiger partial charge in [0.05, 0.1) is 16.8 Å². The van der Waals surface area contributed by atoms with Crippen LogP contribution in [0.2, 0.25) is 0 Å². The van der Waals surface area contributed by atoms with E-state index < -0.39 is 11.7 Å². The van der Waals surface area contributed by atoms with Crippen molar-refractivity contribution < 1.29 is 13.2 Å². The van der Waals surface area contributed by atoms with Crippen LogP contribution in [0.4, 0.5) is 18.9 Å². The number of nitrogens with one attached hydrogen (secondary N) is 1. The molecule has 0 fully saturated rings. The van der Waals surface area contributed by atoms with E-state index in [1.165, 1.54) is 12.1 Å². The fourth-order valence-electron chi connectivity index (χ4n) is 2.26. The van der Waals surface area contributed by atoms with Crippen molar-refractivity contribution in [3.8, 4) is 0 Å². The van der Waals surface area contributed by atoms with E-state index in [1.807, 2.05) is 30.3 Å². The van der Waals surface area contributed by atoms with Crippen LogP contribution in [0.25, 0.3) is 10.9 Å². The predicted octanol–water partition coefficient (Wildman–Crippen LogP) is 4.87. The Kier molecular flexibility index (Phi) is 3.71. The number of benzene rings is 2. The molecule has 3 aromatic rings. The van der Waals surface area contributed by atoms with Gasteiger partial charge >= 0.3 is 6.18 Å². The number of pyridine rings is 1. The SMILES string of the molecule is FC(F)(F)c1ccc(CNc2cccc3cccnc23)cc1. The van der Waals surface area contributed by atoms with Gasteiger partial charge in [0.15, 0.2) is 0 Å². The lowest BCUT2D eigenvalue weighted by Gasteiger charge is -2.10. The Labute approximate surface area is 125 Å². The standard InChI is InChI=1S/C17H13F3N2/c18-17(19,20)14-8-6-12(7-9-14)11-22-15-5-1-3-13-4-2-10-21-16(13)15/h1-10,22H,11H2. The second kappa shape index (κ2) is 5.67. The Hall–Kier alpha value is -2.56. The third-order valence-corrected chi connectivity index (χ3v) is 3.40. The molecule has 1 heterocycles. The minimum Gasteiger partial charge on any atom is -0.379 e. The molecule has 0 aliphatic heterocycles. The summed E-state index contributed by atoms with van der Waals surface area (Å²) >= 11 is 0. The maximum absolute atomic E-state index is 12.5. The van der Waals surface area contributed by atoms with Gasteiger partial charge in [-0.2, -0.15) is 13.2 Å². The molecule has 0 amide bonds. The second-order valence-corrected chi connectivity index (χ2v) is 4.93. The van der Waals surface area contributed by atoms with E-state index in [0.717, 1.165) is 34.3 Å². The van der Waals surface area contributed by atoms with E-state index in [1.54, 1.807) is 6.20 Å². The maximum Gasteiger partial charge on any atom is 0.416 e. The number of hydrogen-bond donors (Lipinski definition) is 1. The largest absolute Gasteiger partial charge is 0.416 e. The average molecular weight is 302 g/mol. The first-order valence-electron chi connectivity index (χ1n) is 6.78. The van der Waals surface area contributed by atoms with Gasteiger partial charge in [-0.05, 0) is 29.8 Å². The van der Waals surface area contributed by atoms with Gasteiger partial charge in [-0.25, -0.2) is 0 Å². The summed E-state index contributed by atoms with van der Waals surface area (Å²) in [5.41, 5.74) is 1.85. The number of nitrogens with zero attached hydrogens (tertiary/aromatic N) is 1. The number of fused-ring (bicyclic) bond motifs is 1. The van der Waals surface area contributed by atoms with Crippen LogP contribution in [0.1, 0.15) is 11.1 Å². The fraction of sp³-hybridized carbons (Fsp3) is 0.118. The average Bonchev–Trinajstić information content (AvgIpc) is 2.52. The van der Waals surface area contributed by atoms with E-state index in [0.29, 0.717) is 6.54 Å². The normalized spacial score (nSPS) is 11.6. The van der Waals surface area contributed by atoms with Crippen molar-refractivity contribution in [1.82, 2.24) is 4.98 Å². The zero-order chi connectivity index (χ0) is 15.6. The molecule has 0 radical (unpaired) electrons. The van der Waals surface area contributed by atoms with Crippen LogP contribution >= 0.6 is 0 Å². The molecule has 2 aromatic carbocycles. The van der Waals surface area contributed by atoms with Gasteiger partial charge in [-0.3, -0.25) is 4.98 Å². The Morgan fingerprint density at radius 2 is 1.64 bits per heavy atom. The highest BCUT2D eigenvalue weighted by Gasteiger charge is 2.29. The van der Waals surface area contributed by atoms with Crippen molar-refractivity contribution in [2.45, 2.75) is 12.7 Å². The third-order valence-electron chi connectivity index (χ3n) is 3.40. The summed E-state index contributed by atoms with van der Waals surface area (Å²) in [4.78, 5) is 4.33. The first kappa shape index (κ1) is 14.4. The highest BCUT2D eigenvalue weighted by atomic mass is 19.4. The Morgan fingerprint density at radius 1 is 0.909 bits per heavy atom. The zero-order valence-electron chi connectivity index (χ0n) is 11.6. The molecule has 0 atom stereocenters. The zero-order valence-corrected chi connectivity index (χ0v) is 11.6. The maximum atomic E-state index is 12.5. The highest BCUT2D eigenvalue weighted by Crippen LogP contribution is 2.29. The van der Waals surface area contributed by atoms with Gasteiger partial charge in [0.2, 0.25) is 0 Å². The van der Waals surface area contributed by atoms with Crippen LogP contribution in [-0.2, 0) is 12.7 Å². The number of aromatic nitrogens is 1.